The van der Waals surface area contributed by atoms with Crippen LogP contribution in [0.5, 0.6) is 0 Å². The largest absolute Gasteiger partial charge is 0.396 e. The molecular weight excluding hydrogens is 202 g/mol. The summed E-state index contributed by atoms with van der Waals surface area (Å²) in [5.41, 5.74) is 6.11. The highest BCUT2D eigenvalue weighted by Gasteiger charge is 2.27. The third kappa shape index (κ3) is 3.06. The number of anilines is 2. The summed E-state index contributed by atoms with van der Waals surface area (Å²) in [6.45, 7) is 5.26. The topological polar surface area (TPSA) is 67.1 Å². The second-order valence-electron chi connectivity index (χ2n) is 4.13. The molecule has 16 heavy (non-hydrogen) atoms. The smallest absolute Gasteiger partial charge is 0.222 e. The van der Waals surface area contributed by atoms with Crippen molar-refractivity contribution >= 4 is 11.6 Å². The number of hydrogen-bond donors (Lipinski definition) is 2. The Kier molecular flexibility index (Phi) is 3.56. The van der Waals surface area contributed by atoms with E-state index in [-0.39, 0.29) is 0 Å². The van der Waals surface area contributed by atoms with E-state index in [9.17, 15) is 0 Å². The molecule has 1 aliphatic rings. The van der Waals surface area contributed by atoms with E-state index < -0.39 is 0 Å². The summed E-state index contributed by atoms with van der Waals surface area (Å²) in [5.74, 6) is 0.654. The molecule has 0 unspecified atom stereocenters. The van der Waals surface area contributed by atoms with Gasteiger partial charge in [-0.1, -0.05) is 6.92 Å². The maximum atomic E-state index is 5.51. The van der Waals surface area contributed by atoms with E-state index in [1.54, 1.807) is 12.4 Å². The van der Waals surface area contributed by atoms with Gasteiger partial charge in [0.25, 0.3) is 0 Å². The summed E-state index contributed by atoms with van der Waals surface area (Å²) in [6, 6.07) is 0.819. The Balaban J connectivity index is 1.72. The van der Waals surface area contributed by atoms with Gasteiger partial charge in [0, 0.05) is 19.1 Å². The zero-order valence-electron chi connectivity index (χ0n) is 9.69. The first-order valence-electron chi connectivity index (χ1n) is 5.85. The van der Waals surface area contributed by atoms with E-state index in [2.05, 4.69) is 27.1 Å². The average Bonchev–Trinajstić information content (AvgIpc) is 3.11. The SMILES string of the molecule is CCN(CCNc1ncc(N)cn1)C1CC1. The lowest BCUT2D eigenvalue weighted by Gasteiger charge is -2.19. The van der Waals surface area contributed by atoms with Crippen molar-refractivity contribution in [1.82, 2.24) is 14.9 Å². The van der Waals surface area contributed by atoms with Crippen LogP contribution in [0.1, 0.15) is 19.8 Å². The average molecular weight is 221 g/mol. The summed E-state index contributed by atoms with van der Waals surface area (Å²) in [7, 11) is 0. The molecule has 5 heteroatoms. The highest BCUT2D eigenvalue weighted by Crippen LogP contribution is 2.25. The molecule has 0 atom stereocenters. The molecule has 0 saturated heterocycles. The summed E-state index contributed by atoms with van der Waals surface area (Å²) < 4.78 is 0. The lowest BCUT2D eigenvalue weighted by Crippen LogP contribution is -2.31. The highest BCUT2D eigenvalue weighted by atomic mass is 15.2. The van der Waals surface area contributed by atoms with Gasteiger partial charge in [0.15, 0.2) is 0 Å². The third-order valence-corrected chi connectivity index (χ3v) is 2.82. The molecule has 3 N–H and O–H groups in total. The number of aromatic nitrogens is 2. The second kappa shape index (κ2) is 5.12. The van der Waals surface area contributed by atoms with Crippen molar-refractivity contribution in [3.8, 4) is 0 Å². The molecule has 5 nitrogen and oxygen atoms in total. The number of rotatable bonds is 6. The van der Waals surface area contributed by atoms with Gasteiger partial charge in [-0.05, 0) is 19.4 Å². The fraction of sp³-hybridized carbons (Fsp3) is 0.636. The van der Waals surface area contributed by atoms with Gasteiger partial charge in [-0.3, -0.25) is 4.90 Å². The normalized spacial score (nSPS) is 15.4. The summed E-state index contributed by atoms with van der Waals surface area (Å²) in [5, 5.41) is 3.20. The molecule has 88 valence electrons. The first-order valence-corrected chi connectivity index (χ1v) is 5.85. The first kappa shape index (κ1) is 11.1. The van der Waals surface area contributed by atoms with Crippen molar-refractivity contribution in [2.45, 2.75) is 25.8 Å². The van der Waals surface area contributed by atoms with Gasteiger partial charge in [0.05, 0.1) is 18.1 Å². The van der Waals surface area contributed by atoms with Crippen LogP contribution in [0.25, 0.3) is 0 Å². The Bertz CT molecular complexity index is 320. The molecule has 0 bridgehead atoms. The fourth-order valence-electron chi connectivity index (χ4n) is 1.78. The molecule has 0 radical (unpaired) electrons. The molecular formula is C11H19N5. The van der Waals surface area contributed by atoms with E-state index in [1.807, 2.05) is 0 Å². The Labute approximate surface area is 96.1 Å². The van der Waals surface area contributed by atoms with Crippen LogP contribution in [0.4, 0.5) is 11.6 Å². The number of hydrogen-bond acceptors (Lipinski definition) is 5. The molecule has 0 amide bonds. The lowest BCUT2D eigenvalue weighted by atomic mass is 10.4. The van der Waals surface area contributed by atoms with Crippen LogP contribution >= 0.6 is 0 Å². The molecule has 1 aliphatic carbocycles. The van der Waals surface area contributed by atoms with Crippen LogP contribution in [0.3, 0.4) is 0 Å². The van der Waals surface area contributed by atoms with Gasteiger partial charge in [0.1, 0.15) is 0 Å². The number of nitrogens with zero attached hydrogens (tertiary/aromatic N) is 3. The maximum Gasteiger partial charge on any atom is 0.222 e. The Morgan fingerprint density at radius 3 is 2.69 bits per heavy atom. The molecule has 0 aliphatic heterocycles. The summed E-state index contributed by atoms with van der Waals surface area (Å²) in [6.07, 6.45) is 5.94. The van der Waals surface area contributed by atoms with Crippen molar-refractivity contribution in [1.29, 1.82) is 0 Å². The number of likely N-dealkylation sites (N-methyl/N-ethyl adjacent to an activating group) is 1. The van der Waals surface area contributed by atoms with Crippen LogP contribution in [0, 0.1) is 0 Å². The molecule has 1 aromatic rings. The molecule has 1 aromatic heterocycles. The minimum atomic E-state index is 0.596. The van der Waals surface area contributed by atoms with Gasteiger partial charge in [0.2, 0.25) is 5.95 Å². The van der Waals surface area contributed by atoms with Crippen molar-refractivity contribution in [3.63, 3.8) is 0 Å². The molecule has 1 saturated carbocycles. The van der Waals surface area contributed by atoms with E-state index >= 15 is 0 Å². The predicted molar refractivity (Wildman–Crippen MR) is 65.2 cm³/mol. The zero-order chi connectivity index (χ0) is 11.4. The van der Waals surface area contributed by atoms with Crippen molar-refractivity contribution in [2.75, 3.05) is 30.7 Å². The minimum Gasteiger partial charge on any atom is -0.396 e. The lowest BCUT2D eigenvalue weighted by molar-refractivity contribution is 0.289. The van der Waals surface area contributed by atoms with Crippen molar-refractivity contribution in [2.24, 2.45) is 0 Å². The number of nitrogen functional groups attached to an aromatic ring is 1. The van der Waals surface area contributed by atoms with Crippen LogP contribution in [0.15, 0.2) is 12.4 Å². The van der Waals surface area contributed by atoms with E-state index in [0.29, 0.717) is 11.6 Å². The van der Waals surface area contributed by atoms with Crippen molar-refractivity contribution < 1.29 is 0 Å². The molecule has 1 fully saturated rings. The summed E-state index contributed by atoms with van der Waals surface area (Å²) >= 11 is 0. The fourth-order valence-corrected chi connectivity index (χ4v) is 1.78. The van der Waals surface area contributed by atoms with Gasteiger partial charge < -0.3 is 11.1 Å². The van der Waals surface area contributed by atoms with E-state index in [4.69, 9.17) is 5.73 Å². The highest BCUT2D eigenvalue weighted by molar-refractivity contribution is 5.35. The molecule has 0 spiro atoms. The standard InChI is InChI=1S/C11H19N5/c1-2-16(10-3-4-10)6-5-13-11-14-7-9(12)8-15-11/h7-8,10H,2-6,12H2,1H3,(H,13,14,15). The van der Waals surface area contributed by atoms with Crippen molar-refractivity contribution in [3.05, 3.63) is 12.4 Å². The minimum absolute atomic E-state index is 0.596. The number of nitrogens with one attached hydrogen (secondary N) is 1. The first-order chi connectivity index (χ1) is 7.79. The van der Waals surface area contributed by atoms with Gasteiger partial charge in [-0.2, -0.15) is 0 Å². The van der Waals surface area contributed by atoms with Gasteiger partial charge in [-0.25, -0.2) is 9.97 Å². The third-order valence-electron chi connectivity index (χ3n) is 2.82. The van der Waals surface area contributed by atoms with Crippen LogP contribution in [-0.2, 0) is 0 Å². The second-order valence-corrected chi connectivity index (χ2v) is 4.13. The summed E-state index contributed by atoms with van der Waals surface area (Å²) in [4.78, 5) is 10.7. The monoisotopic (exact) mass is 221 g/mol. The molecule has 1 heterocycles. The van der Waals surface area contributed by atoms with Crippen LogP contribution < -0.4 is 11.1 Å². The molecule has 2 rings (SSSR count). The number of nitrogens with two attached hydrogens (primary N) is 1. The zero-order valence-corrected chi connectivity index (χ0v) is 9.69. The Morgan fingerprint density at radius 2 is 2.12 bits per heavy atom. The Morgan fingerprint density at radius 1 is 1.44 bits per heavy atom. The van der Waals surface area contributed by atoms with Gasteiger partial charge in [-0.15, -0.1) is 0 Å². The van der Waals surface area contributed by atoms with E-state index in [0.717, 1.165) is 25.7 Å². The predicted octanol–water partition coefficient (Wildman–Crippen LogP) is 0.955. The Hall–Kier alpha value is -1.36. The van der Waals surface area contributed by atoms with Crippen LogP contribution in [0.2, 0.25) is 0 Å². The quantitative estimate of drug-likeness (QED) is 0.748. The van der Waals surface area contributed by atoms with Crippen LogP contribution in [-0.4, -0.2) is 40.5 Å². The maximum absolute atomic E-state index is 5.51. The molecule has 0 aromatic carbocycles. The van der Waals surface area contributed by atoms with E-state index in [1.165, 1.54) is 12.8 Å². The van der Waals surface area contributed by atoms with Gasteiger partial charge >= 0.3 is 0 Å².